The van der Waals surface area contributed by atoms with Crippen molar-refractivity contribution in [1.29, 1.82) is 0 Å². The molecule has 5 atom stereocenters. The molecule has 45 heavy (non-hydrogen) atoms. The molecule has 1 aliphatic heterocycles. The quantitative estimate of drug-likeness (QED) is 0.258. The molecular weight excluding hydrogens is 576 g/mol. The second-order valence-electron chi connectivity index (χ2n) is 15.2. The Balaban J connectivity index is 1.84. The number of amides is 5. The van der Waals surface area contributed by atoms with Gasteiger partial charge in [-0.1, -0.05) is 74.3 Å². The van der Waals surface area contributed by atoms with E-state index in [9.17, 15) is 28.8 Å². The van der Waals surface area contributed by atoms with Crippen LogP contribution in [-0.4, -0.2) is 69.7 Å². The first kappa shape index (κ1) is 35.8. The molecule has 250 valence electrons. The fraction of sp³-hybridized carbons (Fsp3) is 0.697. The number of primary amides is 1. The molecule has 3 rings (SSSR count). The predicted molar refractivity (Wildman–Crippen MR) is 171 cm³/mol. The second-order valence-corrected chi connectivity index (χ2v) is 15.2. The summed E-state index contributed by atoms with van der Waals surface area (Å²) in [7, 11) is 0. The van der Waals surface area contributed by atoms with Crippen LogP contribution in [0.15, 0.2) is 29.2 Å². The predicted octanol–water partition coefficient (Wildman–Crippen LogP) is 2.19. The Morgan fingerprint density at radius 1 is 0.933 bits per heavy atom. The minimum Gasteiger partial charge on any atom is -0.363 e. The Kier molecular flexibility index (Phi) is 11.3. The molecule has 2 fully saturated rings. The average molecular weight is 629 g/mol. The molecule has 1 aromatic rings. The lowest BCUT2D eigenvalue weighted by molar-refractivity contribution is -0.144. The van der Waals surface area contributed by atoms with Crippen molar-refractivity contribution < 1.29 is 24.0 Å². The van der Waals surface area contributed by atoms with Crippen LogP contribution in [0.4, 0.5) is 4.79 Å². The van der Waals surface area contributed by atoms with Crippen molar-refractivity contribution in [3.63, 3.8) is 0 Å². The highest BCUT2D eigenvalue weighted by atomic mass is 16.2. The van der Waals surface area contributed by atoms with Crippen molar-refractivity contribution in [1.82, 2.24) is 25.4 Å². The van der Waals surface area contributed by atoms with Gasteiger partial charge in [0.15, 0.2) is 0 Å². The molecule has 0 radical (unpaired) electrons. The van der Waals surface area contributed by atoms with Crippen LogP contribution in [0.5, 0.6) is 0 Å². The lowest BCUT2D eigenvalue weighted by Crippen LogP contribution is -2.62. The highest BCUT2D eigenvalue weighted by Crippen LogP contribution is 2.35. The second kappa shape index (κ2) is 14.2. The largest absolute Gasteiger partial charge is 0.363 e. The number of carbonyl (C=O) groups excluding carboxylic acids is 5. The van der Waals surface area contributed by atoms with E-state index in [1.807, 2.05) is 55.4 Å². The van der Waals surface area contributed by atoms with Gasteiger partial charge in [0.2, 0.25) is 17.6 Å². The molecule has 1 saturated carbocycles. The molecule has 2 aliphatic rings. The normalized spacial score (nSPS) is 20.7. The van der Waals surface area contributed by atoms with E-state index < -0.39 is 64.5 Å². The molecule has 5 amide bonds. The number of rotatable bonds is 12. The van der Waals surface area contributed by atoms with Crippen molar-refractivity contribution in [3.8, 4) is 0 Å². The van der Waals surface area contributed by atoms with E-state index in [-0.39, 0.29) is 29.9 Å². The van der Waals surface area contributed by atoms with Crippen LogP contribution >= 0.6 is 0 Å². The van der Waals surface area contributed by atoms with Crippen LogP contribution in [0, 0.1) is 28.6 Å². The number of carbonyl (C=O) groups is 5. The lowest BCUT2D eigenvalue weighted by Gasteiger charge is -2.38. The van der Waals surface area contributed by atoms with Crippen LogP contribution in [-0.2, 0) is 25.7 Å². The summed E-state index contributed by atoms with van der Waals surface area (Å²) in [6, 6.07) is 0.930. The molecule has 1 aromatic heterocycles. The molecule has 12 heteroatoms. The minimum atomic E-state index is -1.10. The van der Waals surface area contributed by atoms with Gasteiger partial charge in [-0.25, -0.2) is 4.79 Å². The molecule has 0 spiro atoms. The fourth-order valence-electron chi connectivity index (χ4n) is 5.93. The zero-order chi connectivity index (χ0) is 33.9. The Morgan fingerprint density at radius 3 is 2.09 bits per heavy atom. The van der Waals surface area contributed by atoms with E-state index in [4.69, 9.17) is 5.73 Å². The zero-order valence-electron chi connectivity index (χ0n) is 28.0. The summed E-state index contributed by atoms with van der Waals surface area (Å²) in [4.78, 5) is 79.8. The van der Waals surface area contributed by atoms with Gasteiger partial charge in [0, 0.05) is 25.4 Å². The molecule has 0 aromatic carbocycles. The maximum absolute atomic E-state index is 14.3. The third kappa shape index (κ3) is 9.40. The number of pyridine rings is 1. The number of nitrogens with zero attached hydrogens (tertiary/aromatic N) is 2. The van der Waals surface area contributed by atoms with Crippen molar-refractivity contribution in [2.45, 2.75) is 112 Å². The number of likely N-dealkylation sites (tertiary alicyclic amines) is 1. The van der Waals surface area contributed by atoms with Gasteiger partial charge in [0.05, 0.1) is 12.1 Å². The Bertz CT molecular complexity index is 1320. The summed E-state index contributed by atoms with van der Waals surface area (Å²) < 4.78 is 1.53. The van der Waals surface area contributed by atoms with E-state index in [2.05, 4.69) is 16.0 Å². The van der Waals surface area contributed by atoms with Gasteiger partial charge in [0.1, 0.15) is 12.1 Å². The third-order valence-corrected chi connectivity index (χ3v) is 9.01. The van der Waals surface area contributed by atoms with E-state index in [0.717, 1.165) is 12.8 Å². The van der Waals surface area contributed by atoms with Crippen LogP contribution in [0.1, 0.15) is 81.1 Å². The van der Waals surface area contributed by atoms with Crippen LogP contribution < -0.4 is 27.2 Å². The number of nitrogens with one attached hydrogen (secondary N) is 3. The van der Waals surface area contributed by atoms with Crippen molar-refractivity contribution in [3.05, 3.63) is 34.7 Å². The standard InChI is InChI=1S/C33H52N6O6/c1-19(2)21-14-16-39(25(21)29(43)35-22(17-20-12-13-20)26(41)28(34)42)30(44)27(33(6,7)8)37-31(45)36-23(32(3,4)5)18-38-15-10-9-11-24(38)40/h9-11,15,19-23,25,27H,12-14,16-18H2,1-8H3,(H2,34,42)(H,35,43)(H2,36,37,45)/t21-,22?,23-,25+,27-/m1/s1. The number of Topliss-reactive ketones (excluding diaryl/α,β-unsaturated/α-hetero) is 1. The maximum Gasteiger partial charge on any atom is 0.315 e. The van der Waals surface area contributed by atoms with Gasteiger partial charge in [-0.15, -0.1) is 0 Å². The summed E-state index contributed by atoms with van der Waals surface area (Å²) >= 11 is 0. The summed E-state index contributed by atoms with van der Waals surface area (Å²) in [5.41, 5.74) is 3.96. The molecular formula is C33H52N6O6. The lowest BCUT2D eigenvalue weighted by atomic mass is 9.84. The number of nitrogens with two attached hydrogens (primary N) is 1. The van der Waals surface area contributed by atoms with Crippen LogP contribution in [0.25, 0.3) is 0 Å². The SMILES string of the molecule is CC(C)[C@H]1CCN(C(=O)[C@@H](NC(=O)N[C@H](Cn2ccccc2=O)C(C)(C)C)C(C)(C)C)[C@@H]1C(=O)NC(CC1CC1)C(=O)C(N)=O. The average Bonchev–Trinajstić information content (AvgIpc) is 3.63. The van der Waals surface area contributed by atoms with Gasteiger partial charge < -0.3 is 31.2 Å². The molecule has 1 saturated heterocycles. The monoisotopic (exact) mass is 628 g/mol. The number of ketones is 1. The molecule has 1 unspecified atom stereocenters. The van der Waals surface area contributed by atoms with E-state index >= 15 is 0 Å². The first-order valence-electron chi connectivity index (χ1n) is 16.0. The smallest absolute Gasteiger partial charge is 0.315 e. The topological polar surface area (TPSA) is 173 Å². The van der Waals surface area contributed by atoms with Crippen molar-refractivity contribution in [2.24, 2.45) is 34.3 Å². The van der Waals surface area contributed by atoms with Gasteiger partial charge in [-0.2, -0.15) is 0 Å². The first-order valence-corrected chi connectivity index (χ1v) is 16.0. The van der Waals surface area contributed by atoms with Gasteiger partial charge in [-0.3, -0.25) is 24.0 Å². The number of urea groups is 1. The zero-order valence-corrected chi connectivity index (χ0v) is 28.0. The first-order chi connectivity index (χ1) is 20.8. The van der Waals surface area contributed by atoms with Crippen LogP contribution in [0.2, 0.25) is 0 Å². The van der Waals surface area contributed by atoms with Crippen LogP contribution in [0.3, 0.4) is 0 Å². The van der Waals surface area contributed by atoms with Gasteiger partial charge >= 0.3 is 6.03 Å². The summed E-state index contributed by atoms with van der Waals surface area (Å²) in [5, 5.41) is 8.61. The third-order valence-electron chi connectivity index (χ3n) is 9.01. The minimum absolute atomic E-state index is 0.0468. The summed E-state index contributed by atoms with van der Waals surface area (Å²) in [5.74, 6) is -2.76. The highest BCUT2D eigenvalue weighted by Gasteiger charge is 2.48. The highest BCUT2D eigenvalue weighted by molar-refractivity contribution is 6.37. The Hall–Kier alpha value is -3.70. The molecule has 5 N–H and O–H groups in total. The van der Waals surface area contributed by atoms with E-state index in [0.29, 0.717) is 19.4 Å². The van der Waals surface area contributed by atoms with Gasteiger partial charge in [-0.05, 0) is 47.5 Å². The summed E-state index contributed by atoms with van der Waals surface area (Å²) in [6.07, 6.45) is 4.40. The Labute approximate surface area is 266 Å². The molecule has 2 heterocycles. The number of hydrogen-bond acceptors (Lipinski definition) is 6. The van der Waals surface area contributed by atoms with E-state index in [1.165, 1.54) is 15.5 Å². The Morgan fingerprint density at radius 2 is 1.58 bits per heavy atom. The van der Waals surface area contributed by atoms with E-state index in [1.54, 1.807) is 18.3 Å². The van der Waals surface area contributed by atoms with Gasteiger partial charge in [0.25, 0.3) is 11.5 Å². The van der Waals surface area contributed by atoms with Crippen molar-refractivity contribution in [2.75, 3.05) is 6.54 Å². The fourth-order valence-corrected chi connectivity index (χ4v) is 5.93. The maximum atomic E-state index is 14.3. The molecule has 0 bridgehead atoms. The number of hydrogen-bond donors (Lipinski definition) is 4. The molecule has 12 nitrogen and oxygen atoms in total. The number of aromatic nitrogens is 1. The van der Waals surface area contributed by atoms with Crippen molar-refractivity contribution >= 4 is 29.5 Å². The summed E-state index contributed by atoms with van der Waals surface area (Å²) in [6.45, 7) is 15.9. The molecule has 1 aliphatic carbocycles.